The Labute approximate surface area is 192 Å². The van der Waals surface area contributed by atoms with Crippen LogP contribution in [0.2, 0.25) is 0 Å². The lowest BCUT2D eigenvalue weighted by Gasteiger charge is -2.28. The first-order chi connectivity index (χ1) is 15.8. The maximum Gasteiger partial charge on any atom is 0.414 e. The molecule has 1 amide bonds. The predicted octanol–water partition coefficient (Wildman–Crippen LogP) is 6.66. The number of amides is 1. The Hall–Kier alpha value is -3.37. The van der Waals surface area contributed by atoms with Gasteiger partial charge < -0.3 is 9.47 Å². The molecule has 6 nitrogen and oxygen atoms in total. The van der Waals surface area contributed by atoms with Gasteiger partial charge in [0.2, 0.25) is 5.82 Å². The van der Waals surface area contributed by atoms with Gasteiger partial charge in [-0.15, -0.1) is 0 Å². The summed E-state index contributed by atoms with van der Waals surface area (Å²) in [5.41, 5.74) is -0.182. The Morgan fingerprint density at radius 1 is 1.18 bits per heavy atom. The fourth-order valence-electron chi connectivity index (χ4n) is 3.17. The maximum absolute atomic E-state index is 14.2. The molecule has 0 fully saturated rings. The first-order valence-corrected chi connectivity index (χ1v) is 10.5. The minimum atomic E-state index is -4.54. The molecule has 0 N–H and O–H groups in total. The smallest absolute Gasteiger partial charge is 0.414 e. The number of rotatable bonds is 6. The SMILES string of the molecule is CCc1cnc2c(N(CCC(F)(F)F)C(=O)OC(C)(C)C)cc(Oc3cccc(F)c3F)cn12. The van der Waals surface area contributed by atoms with Crippen LogP contribution < -0.4 is 9.64 Å². The number of nitrogens with zero attached hydrogens (tertiary/aromatic N) is 3. The van der Waals surface area contributed by atoms with E-state index < -0.39 is 48.2 Å². The number of aromatic nitrogens is 2. The summed E-state index contributed by atoms with van der Waals surface area (Å²) < 4.78 is 79.4. The topological polar surface area (TPSA) is 56.1 Å². The van der Waals surface area contributed by atoms with Gasteiger partial charge in [0.05, 0.1) is 18.3 Å². The van der Waals surface area contributed by atoms with Crippen molar-refractivity contribution in [1.29, 1.82) is 0 Å². The van der Waals surface area contributed by atoms with E-state index in [-0.39, 0.29) is 17.1 Å². The van der Waals surface area contributed by atoms with Crippen LogP contribution >= 0.6 is 0 Å². The van der Waals surface area contributed by atoms with Crippen molar-refractivity contribution >= 4 is 17.4 Å². The summed E-state index contributed by atoms with van der Waals surface area (Å²) in [6.45, 7) is 5.83. The van der Waals surface area contributed by atoms with Crippen LogP contribution in [0, 0.1) is 11.6 Å². The minimum Gasteiger partial charge on any atom is -0.453 e. The summed E-state index contributed by atoms with van der Waals surface area (Å²) in [7, 11) is 0. The van der Waals surface area contributed by atoms with Gasteiger partial charge in [-0.25, -0.2) is 14.2 Å². The van der Waals surface area contributed by atoms with Gasteiger partial charge in [0.1, 0.15) is 11.4 Å². The van der Waals surface area contributed by atoms with E-state index in [4.69, 9.17) is 9.47 Å². The van der Waals surface area contributed by atoms with E-state index in [0.717, 1.165) is 11.0 Å². The normalized spacial score (nSPS) is 12.1. The number of imidazole rings is 1. The number of carbonyl (C=O) groups is 1. The largest absolute Gasteiger partial charge is 0.453 e. The standard InChI is InChI=1S/C23H24F5N3O3/c1-5-14-12-29-20-17(30(10-9-23(26,27)28)21(32)34-22(2,3)4)11-15(13-31(14)20)33-18-8-6-7-16(24)19(18)25/h6-8,11-13H,5,9-10H2,1-4H3. The molecule has 0 bridgehead atoms. The van der Waals surface area contributed by atoms with Gasteiger partial charge in [-0.2, -0.15) is 17.6 Å². The van der Waals surface area contributed by atoms with E-state index in [2.05, 4.69) is 4.98 Å². The Bertz CT molecular complexity index is 1190. The fraction of sp³-hybridized carbons (Fsp3) is 0.391. The molecule has 0 saturated heterocycles. The number of alkyl halides is 3. The molecule has 0 aliphatic carbocycles. The van der Waals surface area contributed by atoms with Crippen molar-refractivity contribution in [2.24, 2.45) is 0 Å². The monoisotopic (exact) mass is 485 g/mol. The molecule has 0 spiro atoms. The fourth-order valence-corrected chi connectivity index (χ4v) is 3.17. The molecule has 0 saturated carbocycles. The Morgan fingerprint density at radius 2 is 1.88 bits per heavy atom. The molecule has 184 valence electrons. The molecule has 0 radical (unpaired) electrons. The second kappa shape index (κ2) is 9.47. The first kappa shape index (κ1) is 25.3. The summed E-state index contributed by atoms with van der Waals surface area (Å²) >= 11 is 0. The highest BCUT2D eigenvalue weighted by atomic mass is 19.4. The third kappa shape index (κ3) is 5.95. The van der Waals surface area contributed by atoms with E-state index >= 15 is 0 Å². The summed E-state index contributed by atoms with van der Waals surface area (Å²) in [6, 6.07) is 4.61. The molecule has 0 aliphatic heterocycles. The van der Waals surface area contributed by atoms with Gasteiger partial charge in [0.15, 0.2) is 17.2 Å². The molecule has 0 aliphatic rings. The van der Waals surface area contributed by atoms with Crippen molar-refractivity contribution in [2.45, 2.75) is 52.3 Å². The number of aryl methyl sites for hydroxylation is 1. The second-order valence-electron chi connectivity index (χ2n) is 8.51. The quantitative estimate of drug-likeness (QED) is 0.367. The summed E-state index contributed by atoms with van der Waals surface area (Å²) in [4.78, 5) is 18.0. The van der Waals surface area contributed by atoms with E-state index in [1.165, 1.54) is 35.0 Å². The molecule has 11 heteroatoms. The molecule has 34 heavy (non-hydrogen) atoms. The predicted molar refractivity (Wildman–Crippen MR) is 115 cm³/mol. The molecule has 3 aromatic rings. The lowest BCUT2D eigenvalue weighted by Crippen LogP contribution is -2.39. The zero-order valence-electron chi connectivity index (χ0n) is 19.0. The summed E-state index contributed by atoms with van der Waals surface area (Å²) in [5, 5.41) is 0. The Kier molecular flexibility index (Phi) is 7.04. The third-order valence-electron chi connectivity index (χ3n) is 4.67. The van der Waals surface area contributed by atoms with E-state index in [1.807, 2.05) is 6.92 Å². The summed E-state index contributed by atoms with van der Waals surface area (Å²) in [6.07, 6.45) is -3.43. The summed E-state index contributed by atoms with van der Waals surface area (Å²) in [5.74, 6) is -2.83. The van der Waals surface area contributed by atoms with E-state index in [1.54, 1.807) is 20.8 Å². The highest BCUT2D eigenvalue weighted by molar-refractivity contribution is 5.93. The minimum absolute atomic E-state index is 0.0347. The number of halogens is 5. The van der Waals surface area contributed by atoms with Crippen molar-refractivity contribution in [3.8, 4) is 11.5 Å². The number of fused-ring (bicyclic) bond motifs is 1. The van der Waals surface area contributed by atoms with Crippen LogP contribution in [-0.2, 0) is 11.2 Å². The zero-order valence-corrected chi connectivity index (χ0v) is 19.0. The average Bonchev–Trinajstić information content (AvgIpc) is 3.12. The van der Waals surface area contributed by atoms with Gasteiger partial charge in [-0.05, 0) is 39.3 Å². The van der Waals surface area contributed by atoms with Crippen LogP contribution in [0.15, 0.2) is 36.7 Å². The lowest BCUT2D eigenvalue weighted by atomic mass is 10.2. The molecule has 0 atom stereocenters. The van der Waals surface area contributed by atoms with Gasteiger partial charge in [0.25, 0.3) is 0 Å². The highest BCUT2D eigenvalue weighted by Crippen LogP contribution is 2.34. The molecule has 1 aromatic carbocycles. The van der Waals surface area contributed by atoms with Gasteiger partial charge in [-0.3, -0.25) is 9.30 Å². The van der Waals surface area contributed by atoms with Crippen molar-refractivity contribution < 1.29 is 36.2 Å². The van der Waals surface area contributed by atoms with Crippen molar-refractivity contribution in [2.75, 3.05) is 11.4 Å². The third-order valence-corrected chi connectivity index (χ3v) is 4.67. The molecule has 0 unspecified atom stereocenters. The number of pyridine rings is 1. The molecular weight excluding hydrogens is 461 g/mol. The van der Waals surface area contributed by atoms with Crippen LogP contribution in [0.4, 0.5) is 32.4 Å². The Morgan fingerprint density at radius 3 is 2.50 bits per heavy atom. The van der Waals surface area contributed by atoms with Crippen LogP contribution in [0.3, 0.4) is 0 Å². The zero-order chi connectivity index (χ0) is 25.3. The van der Waals surface area contributed by atoms with Crippen LogP contribution in [0.5, 0.6) is 11.5 Å². The van der Waals surface area contributed by atoms with Crippen molar-refractivity contribution in [1.82, 2.24) is 9.38 Å². The van der Waals surface area contributed by atoms with Crippen LogP contribution in [0.25, 0.3) is 5.65 Å². The number of hydrogen-bond acceptors (Lipinski definition) is 4. The Balaban J connectivity index is 2.14. The van der Waals surface area contributed by atoms with Crippen molar-refractivity contribution in [3.63, 3.8) is 0 Å². The van der Waals surface area contributed by atoms with Gasteiger partial charge in [0, 0.05) is 24.5 Å². The number of benzene rings is 1. The number of ether oxygens (including phenoxy) is 2. The average molecular weight is 485 g/mol. The molecule has 2 heterocycles. The lowest BCUT2D eigenvalue weighted by molar-refractivity contribution is -0.132. The van der Waals surface area contributed by atoms with Crippen molar-refractivity contribution in [3.05, 3.63) is 54.0 Å². The number of anilines is 1. The molecule has 3 rings (SSSR count). The van der Waals surface area contributed by atoms with E-state index in [0.29, 0.717) is 12.1 Å². The maximum atomic E-state index is 14.2. The molecule has 2 aromatic heterocycles. The number of hydrogen-bond donors (Lipinski definition) is 0. The van der Waals surface area contributed by atoms with Crippen LogP contribution in [-0.4, -0.2) is 33.8 Å². The van der Waals surface area contributed by atoms with Gasteiger partial charge in [-0.1, -0.05) is 13.0 Å². The van der Waals surface area contributed by atoms with E-state index in [9.17, 15) is 26.7 Å². The molecular formula is C23H24F5N3O3. The van der Waals surface area contributed by atoms with Gasteiger partial charge >= 0.3 is 12.3 Å². The first-order valence-electron chi connectivity index (χ1n) is 10.5. The second-order valence-corrected chi connectivity index (χ2v) is 8.51. The highest BCUT2D eigenvalue weighted by Gasteiger charge is 2.33. The van der Waals surface area contributed by atoms with Crippen LogP contribution in [0.1, 0.15) is 39.8 Å². The number of carbonyl (C=O) groups excluding carboxylic acids is 1.